The van der Waals surface area contributed by atoms with E-state index in [2.05, 4.69) is 5.32 Å². The average molecular weight is 413 g/mol. The molecular formula is C24H29FN2O3. The first-order valence-corrected chi connectivity index (χ1v) is 10.5. The summed E-state index contributed by atoms with van der Waals surface area (Å²) in [5, 5.41) is 2.89. The fourth-order valence-electron chi connectivity index (χ4n) is 3.61. The fraction of sp³-hybridized carbons (Fsp3) is 0.417. The number of carbonyl (C=O) groups excluding carboxylic acids is 2. The van der Waals surface area contributed by atoms with Gasteiger partial charge in [0.2, 0.25) is 5.91 Å². The van der Waals surface area contributed by atoms with Gasteiger partial charge in [-0.2, -0.15) is 0 Å². The van der Waals surface area contributed by atoms with Crippen molar-refractivity contribution in [2.75, 3.05) is 19.7 Å². The Bertz CT molecular complexity index is 876. The fourth-order valence-corrected chi connectivity index (χ4v) is 3.61. The van der Waals surface area contributed by atoms with Crippen LogP contribution in [0.4, 0.5) is 4.39 Å². The lowest BCUT2D eigenvalue weighted by Crippen LogP contribution is -2.40. The van der Waals surface area contributed by atoms with Gasteiger partial charge >= 0.3 is 0 Å². The predicted molar refractivity (Wildman–Crippen MR) is 114 cm³/mol. The number of para-hydroxylation sites is 1. The number of ether oxygens (including phenoxy) is 1. The van der Waals surface area contributed by atoms with E-state index in [1.807, 2.05) is 36.9 Å². The van der Waals surface area contributed by atoms with Gasteiger partial charge in [-0.1, -0.05) is 24.3 Å². The summed E-state index contributed by atoms with van der Waals surface area (Å²) in [5.41, 5.74) is 1.23. The standard InChI is InChI=1S/C24H29FN2O3/c1-17(2)26-24(29)21-8-3-4-9-22(21)30-16-18-10-12-27(13-11-18)23(28)15-19-6-5-7-20(25)14-19/h3-9,14,17-18H,10-13,15-16H2,1-2H3,(H,26,29). The summed E-state index contributed by atoms with van der Waals surface area (Å²) < 4.78 is 19.3. The van der Waals surface area contributed by atoms with Gasteiger partial charge in [-0.3, -0.25) is 9.59 Å². The molecule has 0 aliphatic carbocycles. The van der Waals surface area contributed by atoms with E-state index >= 15 is 0 Å². The van der Waals surface area contributed by atoms with Crippen molar-refractivity contribution in [3.8, 4) is 5.75 Å². The summed E-state index contributed by atoms with van der Waals surface area (Å²) in [6.07, 6.45) is 1.90. The van der Waals surface area contributed by atoms with Crippen LogP contribution < -0.4 is 10.1 Å². The summed E-state index contributed by atoms with van der Waals surface area (Å²) in [6, 6.07) is 13.5. The number of carbonyl (C=O) groups is 2. The molecule has 6 heteroatoms. The monoisotopic (exact) mass is 412 g/mol. The Balaban J connectivity index is 1.48. The first-order valence-electron chi connectivity index (χ1n) is 10.5. The number of halogens is 1. The molecule has 0 radical (unpaired) electrons. The van der Waals surface area contributed by atoms with Crippen molar-refractivity contribution in [2.24, 2.45) is 5.92 Å². The molecule has 1 fully saturated rings. The summed E-state index contributed by atoms with van der Waals surface area (Å²) >= 11 is 0. The highest BCUT2D eigenvalue weighted by Crippen LogP contribution is 2.23. The molecule has 0 saturated carbocycles. The number of amides is 2. The quantitative estimate of drug-likeness (QED) is 0.752. The molecule has 1 N–H and O–H groups in total. The molecule has 160 valence electrons. The van der Waals surface area contributed by atoms with E-state index in [1.54, 1.807) is 18.2 Å². The van der Waals surface area contributed by atoms with Gasteiger partial charge in [-0.15, -0.1) is 0 Å². The first-order chi connectivity index (χ1) is 14.4. The Labute approximate surface area is 177 Å². The van der Waals surface area contributed by atoms with Crippen LogP contribution in [0.5, 0.6) is 5.75 Å². The highest BCUT2D eigenvalue weighted by molar-refractivity contribution is 5.97. The van der Waals surface area contributed by atoms with Crippen LogP contribution in [0.3, 0.4) is 0 Å². The van der Waals surface area contributed by atoms with E-state index in [1.165, 1.54) is 12.1 Å². The molecule has 1 aliphatic heterocycles. The number of nitrogens with zero attached hydrogens (tertiary/aromatic N) is 1. The normalized spacial score (nSPS) is 14.6. The van der Waals surface area contributed by atoms with E-state index in [0.29, 0.717) is 42.5 Å². The van der Waals surface area contributed by atoms with Crippen molar-refractivity contribution in [3.63, 3.8) is 0 Å². The average Bonchev–Trinajstić information content (AvgIpc) is 2.72. The predicted octanol–water partition coefficient (Wildman–Crippen LogP) is 3.82. The number of piperidine rings is 1. The minimum Gasteiger partial charge on any atom is -0.492 e. The van der Waals surface area contributed by atoms with Crippen LogP contribution >= 0.6 is 0 Å². The second-order valence-electron chi connectivity index (χ2n) is 8.07. The molecule has 2 aromatic carbocycles. The number of hydrogen-bond acceptors (Lipinski definition) is 3. The Morgan fingerprint density at radius 3 is 2.57 bits per heavy atom. The van der Waals surface area contributed by atoms with E-state index in [0.717, 1.165) is 12.8 Å². The molecule has 5 nitrogen and oxygen atoms in total. The van der Waals surface area contributed by atoms with Gasteiger partial charge in [0.25, 0.3) is 5.91 Å². The topological polar surface area (TPSA) is 58.6 Å². The summed E-state index contributed by atoms with van der Waals surface area (Å²) in [5.74, 6) is 0.470. The molecule has 0 atom stereocenters. The SMILES string of the molecule is CC(C)NC(=O)c1ccccc1OCC1CCN(C(=O)Cc2cccc(F)c2)CC1. The molecule has 0 aromatic heterocycles. The van der Waals surface area contributed by atoms with Gasteiger partial charge in [0.05, 0.1) is 18.6 Å². The number of nitrogens with one attached hydrogen (secondary N) is 1. The maximum Gasteiger partial charge on any atom is 0.255 e. The molecule has 2 aromatic rings. The van der Waals surface area contributed by atoms with E-state index in [-0.39, 0.29) is 30.1 Å². The smallest absolute Gasteiger partial charge is 0.255 e. The summed E-state index contributed by atoms with van der Waals surface area (Å²) in [7, 11) is 0. The molecule has 0 unspecified atom stereocenters. The van der Waals surface area contributed by atoms with Crippen molar-refractivity contribution >= 4 is 11.8 Å². The molecule has 30 heavy (non-hydrogen) atoms. The van der Waals surface area contributed by atoms with Crippen molar-refractivity contribution in [1.29, 1.82) is 0 Å². The highest BCUT2D eigenvalue weighted by Gasteiger charge is 2.24. The highest BCUT2D eigenvalue weighted by atomic mass is 19.1. The Morgan fingerprint density at radius 2 is 1.87 bits per heavy atom. The van der Waals surface area contributed by atoms with Crippen molar-refractivity contribution in [1.82, 2.24) is 10.2 Å². The minimum atomic E-state index is -0.321. The Morgan fingerprint density at radius 1 is 1.13 bits per heavy atom. The van der Waals surface area contributed by atoms with Crippen LogP contribution in [0.1, 0.15) is 42.6 Å². The van der Waals surface area contributed by atoms with E-state index < -0.39 is 0 Å². The van der Waals surface area contributed by atoms with Crippen LogP contribution in [0, 0.1) is 11.7 Å². The lowest BCUT2D eigenvalue weighted by atomic mass is 9.97. The van der Waals surface area contributed by atoms with Gasteiger partial charge in [0, 0.05) is 19.1 Å². The lowest BCUT2D eigenvalue weighted by molar-refractivity contribution is -0.132. The van der Waals surface area contributed by atoms with Crippen LogP contribution in [-0.2, 0) is 11.2 Å². The third kappa shape index (κ3) is 6.05. The lowest BCUT2D eigenvalue weighted by Gasteiger charge is -2.32. The van der Waals surface area contributed by atoms with Crippen LogP contribution in [0.2, 0.25) is 0 Å². The zero-order chi connectivity index (χ0) is 21.5. The van der Waals surface area contributed by atoms with Crippen LogP contribution in [0.25, 0.3) is 0 Å². The van der Waals surface area contributed by atoms with E-state index in [4.69, 9.17) is 4.74 Å². The first kappa shape index (κ1) is 21.8. The third-order valence-electron chi connectivity index (χ3n) is 5.24. The van der Waals surface area contributed by atoms with Gasteiger partial charge in [-0.25, -0.2) is 4.39 Å². The third-order valence-corrected chi connectivity index (χ3v) is 5.24. The molecular weight excluding hydrogens is 383 g/mol. The second-order valence-corrected chi connectivity index (χ2v) is 8.07. The van der Waals surface area contributed by atoms with Crippen molar-refractivity contribution in [3.05, 3.63) is 65.5 Å². The maximum absolute atomic E-state index is 13.3. The Hall–Kier alpha value is -2.89. The van der Waals surface area contributed by atoms with Gasteiger partial charge in [0.15, 0.2) is 0 Å². The van der Waals surface area contributed by atoms with Crippen LogP contribution in [-0.4, -0.2) is 42.5 Å². The largest absolute Gasteiger partial charge is 0.492 e. The molecule has 0 bridgehead atoms. The van der Waals surface area contributed by atoms with Crippen molar-refractivity contribution < 1.29 is 18.7 Å². The number of likely N-dealkylation sites (tertiary alicyclic amines) is 1. The molecule has 3 rings (SSSR count). The molecule has 1 aliphatic rings. The maximum atomic E-state index is 13.3. The van der Waals surface area contributed by atoms with Gasteiger partial charge < -0.3 is 15.0 Å². The second kappa shape index (κ2) is 10.2. The van der Waals surface area contributed by atoms with Crippen LogP contribution in [0.15, 0.2) is 48.5 Å². The molecule has 1 heterocycles. The molecule has 1 saturated heterocycles. The van der Waals surface area contributed by atoms with Gasteiger partial charge in [0.1, 0.15) is 11.6 Å². The van der Waals surface area contributed by atoms with E-state index in [9.17, 15) is 14.0 Å². The number of benzene rings is 2. The molecule has 2 amide bonds. The summed E-state index contributed by atoms with van der Waals surface area (Å²) in [4.78, 5) is 26.7. The zero-order valence-electron chi connectivity index (χ0n) is 17.6. The molecule has 0 spiro atoms. The van der Waals surface area contributed by atoms with Gasteiger partial charge in [-0.05, 0) is 62.4 Å². The minimum absolute atomic E-state index is 0.0238. The zero-order valence-corrected chi connectivity index (χ0v) is 17.6. The Kier molecular flexibility index (Phi) is 7.44. The summed E-state index contributed by atoms with van der Waals surface area (Å²) in [6.45, 7) is 5.68. The van der Waals surface area contributed by atoms with Crippen molar-refractivity contribution in [2.45, 2.75) is 39.2 Å². The number of rotatable bonds is 7. The number of hydrogen-bond donors (Lipinski definition) is 1.